The summed E-state index contributed by atoms with van der Waals surface area (Å²) in [6, 6.07) is 26.0. The van der Waals surface area contributed by atoms with Crippen LogP contribution in [0.25, 0.3) is 22.2 Å². The first-order chi connectivity index (χ1) is 16.2. The van der Waals surface area contributed by atoms with E-state index in [9.17, 15) is 4.79 Å². The number of para-hydroxylation sites is 1. The molecule has 0 bridgehead atoms. The largest absolute Gasteiger partial charge is 0.493 e. The number of benzene rings is 3. The van der Waals surface area contributed by atoms with Crippen LogP contribution in [0.5, 0.6) is 11.5 Å². The third-order valence-electron chi connectivity index (χ3n) is 4.89. The van der Waals surface area contributed by atoms with Gasteiger partial charge in [-0.2, -0.15) is 10.4 Å². The monoisotopic (exact) mass is 436 g/mol. The molecule has 1 N–H and O–H groups in total. The number of hydrogen-bond donors (Lipinski definition) is 1. The van der Waals surface area contributed by atoms with E-state index in [-0.39, 0.29) is 12.5 Å². The van der Waals surface area contributed by atoms with Crippen LogP contribution in [0.1, 0.15) is 15.9 Å². The third kappa shape index (κ3) is 4.97. The van der Waals surface area contributed by atoms with Gasteiger partial charge in [-0.1, -0.05) is 48.5 Å². The number of carbonyl (C=O) groups excluding carboxylic acids is 1. The van der Waals surface area contributed by atoms with E-state index >= 15 is 0 Å². The molecule has 0 unspecified atom stereocenters. The number of amides is 1. The molecule has 4 rings (SSSR count). The number of nitrogens with zero attached hydrogens (tertiary/aromatic N) is 3. The first kappa shape index (κ1) is 21.5. The molecule has 4 aromatic rings. The van der Waals surface area contributed by atoms with Gasteiger partial charge in [0.05, 0.1) is 30.1 Å². The lowest BCUT2D eigenvalue weighted by Gasteiger charge is -2.09. The minimum atomic E-state index is -0.344. The zero-order chi connectivity index (χ0) is 23.0. The predicted molar refractivity (Wildman–Crippen MR) is 126 cm³/mol. The molecule has 1 heterocycles. The lowest BCUT2D eigenvalue weighted by atomic mass is 10.0. The Balaban J connectivity index is 1.58. The van der Waals surface area contributed by atoms with Crippen LogP contribution in [0, 0.1) is 11.3 Å². The van der Waals surface area contributed by atoms with Gasteiger partial charge < -0.3 is 9.47 Å². The van der Waals surface area contributed by atoms with Crippen molar-refractivity contribution >= 4 is 23.0 Å². The Hall–Kier alpha value is -4.70. The van der Waals surface area contributed by atoms with Crippen molar-refractivity contribution in [2.75, 3.05) is 13.7 Å². The van der Waals surface area contributed by atoms with Crippen LogP contribution in [-0.2, 0) is 0 Å². The van der Waals surface area contributed by atoms with E-state index in [4.69, 9.17) is 19.7 Å². The summed E-state index contributed by atoms with van der Waals surface area (Å²) in [7, 11) is 1.51. The van der Waals surface area contributed by atoms with E-state index in [1.54, 1.807) is 24.3 Å². The van der Waals surface area contributed by atoms with Crippen molar-refractivity contribution in [2.24, 2.45) is 5.10 Å². The summed E-state index contributed by atoms with van der Waals surface area (Å²) in [5.74, 6) is 0.577. The number of pyridine rings is 1. The van der Waals surface area contributed by atoms with Crippen molar-refractivity contribution in [3.63, 3.8) is 0 Å². The molecular weight excluding hydrogens is 416 g/mol. The number of fused-ring (bicyclic) bond motifs is 1. The van der Waals surface area contributed by atoms with E-state index in [1.165, 1.54) is 13.3 Å². The molecule has 0 aliphatic rings. The zero-order valence-corrected chi connectivity index (χ0v) is 17.9. The number of aromatic nitrogens is 1. The average molecular weight is 436 g/mol. The van der Waals surface area contributed by atoms with Gasteiger partial charge in [-0.15, -0.1) is 0 Å². The Kier molecular flexibility index (Phi) is 6.57. The van der Waals surface area contributed by atoms with Gasteiger partial charge in [0, 0.05) is 10.9 Å². The van der Waals surface area contributed by atoms with Crippen molar-refractivity contribution in [1.82, 2.24) is 10.4 Å². The van der Waals surface area contributed by atoms with E-state index in [0.717, 1.165) is 16.5 Å². The van der Waals surface area contributed by atoms with Gasteiger partial charge in [0.1, 0.15) is 6.07 Å². The molecular formula is C26H20N4O3. The normalized spacial score (nSPS) is 10.7. The molecule has 0 saturated heterocycles. The summed E-state index contributed by atoms with van der Waals surface area (Å²) < 4.78 is 10.6. The molecule has 33 heavy (non-hydrogen) atoms. The van der Waals surface area contributed by atoms with Crippen molar-refractivity contribution in [1.29, 1.82) is 5.26 Å². The Morgan fingerprint density at radius 2 is 1.85 bits per heavy atom. The highest BCUT2D eigenvalue weighted by Crippen LogP contribution is 2.27. The molecule has 3 aromatic carbocycles. The molecule has 7 heteroatoms. The van der Waals surface area contributed by atoms with Crippen molar-refractivity contribution in [3.8, 4) is 28.8 Å². The molecule has 0 atom stereocenters. The number of hydrogen-bond acceptors (Lipinski definition) is 6. The smallest absolute Gasteiger partial charge is 0.272 e. The second kappa shape index (κ2) is 10.1. The first-order valence-corrected chi connectivity index (χ1v) is 10.2. The second-order valence-electron chi connectivity index (χ2n) is 6.99. The van der Waals surface area contributed by atoms with Gasteiger partial charge in [-0.3, -0.25) is 4.79 Å². The van der Waals surface area contributed by atoms with Gasteiger partial charge >= 0.3 is 0 Å². The Labute approximate surface area is 190 Å². The molecule has 0 fully saturated rings. The van der Waals surface area contributed by atoms with Gasteiger partial charge in [-0.05, 0) is 35.9 Å². The molecule has 1 aromatic heterocycles. The number of hydrazone groups is 1. The topological polar surface area (TPSA) is 96.6 Å². The molecule has 0 spiro atoms. The molecule has 0 radical (unpaired) electrons. The fourth-order valence-corrected chi connectivity index (χ4v) is 3.34. The average Bonchev–Trinajstić information content (AvgIpc) is 2.87. The maximum atomic E-state index is 13.0. The summed E-state index contributed by atoms with van der Waals surface area (Å²) in [6.07, 6.45) is 1.51. The number of ether oxygens (including phenoxy) is 2. The van der Waals surface area contributed by atoms with Crippen LogP contribution in [0.4, 0.5) is 0 Å². The van der Waals surface area contributed by atoms with Gasteiger partial charge in [-0.25, -0.2) is 10.4 Å². The summed E-state index contributed by atoms with van der Waals surface area (Å²) in [5, 5.41) is 13.5. The van der Waals surface area contributed by atoms with Crippen LogP contribution in [0.2, 0.25) is 0 Å². The second-order valence-corrected chi connectivity index (χ2v) is 6.99. The van der Waals surface area contributed by atoms with E-state index in [2.05, 4.69) is 10.5 Å². The van der Waals surface area contributed by atoms with Crippen LogP contribution < -0.4 is 14.9 Å². The van der Waals surface area contributed by atoms with Crippen molar-refractivity contribution in [3.05, 3.63) is 90.0 Å². The van der Waals surface area contributed by atoms with E-state index in [1.807, 2.05) is 60.7 Å². The molecule has 7 nitrogen and oxygen atoms in total. The third-order valence-corrected chi connectivity index (χ3v) is 4.89. The minimum absolute atomic E-state index is 0.0787. The van der Waals surface area contributed by atoms with E-state index in [0.29, 0.717) is 28.3 Å². The number of carbonyl (C=O) groups is 1. The Bertz CT molecular complexity index is 1360. The van der Waals surface area contributed by atoms with E-state index < -0.39 is 0 Å². The highest BCUT2D eigenvalue weighted by molar-refractivity contribution is 6.07. The van der Waals surface area contributed by atoms with Gasteiger partial charge in [0.25, 0.3) is 5.91 Å². The number of rotatable bonds is 7. The first-order valence-electron chi connectivity index (χ1n) is 10.2. The number of nitrogens with one attached hydrogen (secondary N) is 1. The lowest BCUT2D eigenvalue weighted by molar-refractivity contribution is 0.0956. The maximum absolute atomic E-state index is 13.0. The fourth-order valence-electron chi connectivity index (χ4n) is 3.34. The molecule has 0 aliphatic heterocycles. The van der Waals surface area contributed by atoms with Gasteiger partial charge in [0.2, 0.25) is 0 Å². The maximum Gasteiger partial charge on any atom is 0.272 e. The number of methoxy groups -OCH3 is 1. The molecule has 0 aliphatic carbocycles. The van der Waals surface area contributed by atoms with Crippen molar-refractivity contribution < 1.29 is 14.3 Å². The number of nitriles is 1. The molecule has 1 amide bonds. The van der Waals surface area contributed by atoms with Crippen LogP contribution in [-0.4, -0.2) is 30.8 Å². The zero-order valence-electron chi connectivity index (χ0n) is 17.9. The van der Waals surface area contributed by atoms with Crippen LogP contribution >= 0.6 is 0 Å². The summed E-state index contributed by atoms with van der Waals surface area (Å²) in [5.41, 5.74) is 6.13. The van der Waals surface area contributed by atoms with Crippen LogP contribution in [0.3, 0.4) is 0 Å². The minimum Gasteiger partial charge on any atom is -0.493 e. The van der Waals surface area contributed by atoms with Gasteiger partial charge in [0.15, 0.2) is 18.1 Å². The Morgan fingerprint density at radius 1 is 1.06 bits per heavy atom. The Morgan fingerprint density at radius 3 is 2.64 bits per heavy atom. The van der Waals surface area contributed by atoms with Crippen LogP contribution in [0.15, 0.2) is 84.0 Å². The quantitative estimate of drug-likeness (QED) is 0.338. The fraction of sp³-hybridized carbons (Fsp3) is 0.0769. The highest BCUT2D eigenvalue weighted by atomic mass is 16.5. The SMILES string of the molecule is COc1cc(/C=N/NC(=O)c2cc(-c3ccccc3)nc3ccccc23)ccc1OCC#N. The molecule has 0 saturated carbocycles. The highest BCUT2D eigenvalue weighted by Gasteiger charge is 2.13. The summed E-state index contributed by atoms with van der Waals surface area (Å²) in [4.78, 5) is 17.7. The summed E-state index contributed by atoms with van der Waals surface area (Å²) in [6.45, 7) is -0.0787. The summed E-state index contributed by atoms with van der Waals surface area (Å²) >= 11 is 0. The molecule has 162 valence electrons. The standard InChI is InChI=1S/C26H20N4O3/c1-32-25-15-18(11-12-24(25)33-14-13-27)17-28-30-26(31)21-16-23(19-7-3-2-4-8-19)29-22-10-6-5-9-20(21)22/h2-12,15-17H,14H2,1H3,(H,30,31)/b28-17+. The predicted octanol–water partition coefficient (Wildman–Crippen LogP) is 4.58. The van der Waals surface area contributed by atoms with Crippen molar-refractivity contribution in [2.45, 2.75) is 0 Å². The lowest BCUT2D eigenvalue weighted by Crippen LogP contribution is -2.18.